The maximum absolute atomic E-state index is 12.9. The number of hydrogen-bond acceptors (Lipinski definition) is 4. The van der Waals surface area contributed by atoms with E-state index in [4.69, 9.17) is 5.26 Å². The van der Waals surface area contributed by atoms with Crippen molar-refractivity contribution in [2.24, 2.45) is 0 Å². The summed E-state index contributed by atoms with van der Waals surface area (Å²) >= 11 is 0. The molecular formula is C12H8F3NO3. The van der Waals surface area contributed by atoms with Crippen molar-refractivity contribution in [3.63, 3.8) is 0 Å². The monoisotopic (exact) mass is 271 g/mol. The smallest absolute Gasteiger partial charge is 0.417 e. The van der Waals surface area contributed by atoms with Crippen molar-refractivity contribution < 1.29 is 27.5 Å². The molecule has 0 aliphatic carbocycles. The first-order chi connectivity index (χ1) is 8.85. The average Bonchev–Trinajstić information content (AvgIpc) is 2.36. The number of esters is 1. The topological polar surface area (TPSA) is 67.2 Å². The van der Waals surface area contributed by atoms with Gasteiger partial charge in [-0.05, 0) is 19.1 Å². The van der Waals surface area contributed by atoms with Crippen LogP contribution in [0, 0.1) is 11.3 Å². The fourth-order valence-electron chi connectivity index (χ4n) is 1.51. The lowest BCUT2D eigenvalue weighted by atomic mass is 9.98. The number of nitriles is 1. The van der Waals surface area contributed by atoms with Gasteiger partial charge in [0, 0.05) is 5.56 Å². The second-order valence-corrected chi connectivity index (χ2v) is 3.44. The lowest BCUT2D eigenvalue weighted by Gasteiger charge is -2.14. The number of carbonyl (C=O) groups excluding carboxylic acids is 2. The standard InChI is InChI=1S/C12H8F3NO3/c1-2-19-11(18)9-4-7(5-16)3-8(6-17)10(9)12(13,14)15/h3-4,6H,2H2,1H3. The minimum Gasteiger partial charge on any atom is -0.462 e. The molecule has 0 aliphatic rings. The first-order valence-electron chi connectivity index (χ1n) is 5.12. The summed E-state index contributed by atoms with van der Waals surface area (Å²) in [7, 11) is 0. The number of hydrogen-bond donors (Lipinski definition) is 0. The Morgan fingerprint density at radius 3 is 2.53 bits per heavy atom. The predicted octanol–water partition coefficient (Wildman–Crippen LogP) is 2.57. The molecule has 0 aliphatic heterocycles. The van der Waals surface area contributed by atoms with Gasteiger partial charge in [0.1, 0.15) is 0 Å². The molecule has 0 aromatic heterocycles. The van der Waals surface area contributed by atoms with Gasteiger partial charge >= 0.3 is 12.1 Å². The van der Waals surface area contributed by atoms with Gasteiger partial charge in [-0.3, -0.25) is 4.79 Å². The first-order valence-corrected chi connectivity index (χ1v) is 5.12. The summed E-state index contributed by atoms with van der Waals surface area (Å²) in [4.78, 5) is 22.2. The number of aldehydes is 1. The second-order valence-electron chi connectivity index (χ2n) is 3.44. The molecule has 0 fully saturated rings. The molecule has 1 aromatic carbocycles. The molecule has 4 nitrogen and oxygen atoms in total. The highest BCUT2D eigenvalue weighted by atomic mass is 19.4. The molecule has 0 heterocycles. The highest BCUT2D eigenvalue weighted by Gasteiger charge is 2.38. The third-order valence-corrected chi connectivity index (χ3v) is 2.20. The third kappa shape index (κ3) is 3.10. The van der Waals surface area contributed by atoms with Crippen LogP contribution >= 0.6 is 0 Å². The van der Waals surface area contributed by atoms with Gasteiger partial charge in [0.2, 0.25) is 0 Å². The van der Waals surface area contributed by atoms with Crippen LogP contribution in [0.5, 0.6) is 0 Å². The second kappa shape index (κ2) is 5.52. The van der Waals surface area contributed by atoms with E-state index in [1.807, 2.05) is 0 Å². The number of alkyl halides is 3. The number of nitrogens with zero attached hydrogens (tertiary/aromatic N) is 1. The van der Waals surface area contributed by atoms with Gasteiger partial charge in [-0.25, -0.2) is 4.79 Å². The van der Waals surface area contributed by atoms with Gasteiger partial charge in [-0.2, -0.15) is 18.4 Å². The molecule has 0 bridgehead atoms. The summed E-state index contributed by atoms with van der Waals surface area (Å²) in [5.74, 6) is -1.23. The van der Waals surface area contributed by atoms with Crippen LogP contribution in [0.2, 0.25) is 0 Å². The molecule has 1 aromatic rings. The zero-order valence-corrected chi connectivity index (χ0v) is 9.75. The largest absolute Gasteiger partial charge is 0.462 e. The van der Waals surface area contributed by atoms with E-state index in [-0.39, 0.29) is 18.5 Å². The Labute approximate surface area is 106 Å². The Morgan fingerprint density at radius 2 is 2.11 bits per heavy atom. The summed E-state index contributed by atoms with van der Waals surface area (Å²) in [5.41, 5.74) is -3.22. The molecule has 0 atom stereocenters. The summed E-state index contributed by atoms with van der Waals surface area (Å²) in [6.07, 6.45) is -4.95. The van der Waals surface area contributed by atoms with Crippen LogP contribution in [0.15, 0.2) is 12.1 Å². The van der Waals surface area contributed by atoms with Crippen molar-refractivity contribution in [3.05, 3.63) is 34.4 Å². The molecular weight excluding hydrogens is 263 g/mol. The number of rotatable bonds is 3. The van der Waals surface area contributed by atoms with Crippen molar-refractivity contribution in [1.29, 1.82) is 5.26 Å². The Hall–Kier alpha value is -2.36. The number of halogens is 3. The zero-order valence-electron chi connectivity index (χ0n) is 9.75. The van der Waals surface area contributed by atoms with Crippen LogP contribution in [0.1, 0.15) is 38.8 Å². The normalized spacial score (nSPS) is 10.7. The van der Waals surface area contributed by atoms with Gasteiger partial charge in [0.15, 0.2) is 6.29 Å². The minimum atomic E-state index is -4.90. The van der Waals surface area contributed by atoms with Gasteiger partial charge in [-0.15, -0.1) is 0 Å². The van der Waals surface area contributed by atoms with Gasteiger partial charge in [0.25, 0.3) is 0 Å². The van der Waals surface area contributed by atoms with Crippen LogP contribution in [0.4, 0.5) is 13.2 Å². The van der Waals surface area contributed by atoms with E-state index in [9.17, 15) is 22.8 Å². The molecule has 0 radical (unpaired) electrons. The molecule has 0 unspecified atom stereocenters. The first kappa shape index (κ1) is 14.7. The maximum Gasteiger partial charge on any atom is 0.417 e. The predicted molar refractivity (Wildman–Crippen MR) is 57.5 cm³/mol. The average molecular weight is 271 g/mol. The highest BCUT2D eigenvalue weighted by molar-refractivity contribution is 5.95. The zero-order chi connectivity index (χ0) is 14.6. The molecule has 0 saturated heterocycles. The van der Waals surface area contributed by atoms with Crippen LogP contribution in [-0.4, -0.2) is 18.9 Å². The number of benzene rings is 1. The summed E-state index contributed by atoms with van der Waals surface area (Å²) in [6.45, 7) is 1.31. The summed E-state index contributed by atoms with van der Waals surface area (Å²) in [6, 6.07) is 3.12. The van der Waals surface area contributed by atoms with Gasteiger partial charge < -0.3 is 4.74 Å². The highest BCUT2D eigenvalue weighted by Crippen LogP contribution is 2.35. The van der Waals surface area contributed by atoms with Crippen molar-refractivity contribution in [2.45, 2.75) is 13.1 Å². The molecule has 0 amide bonds. The summed E-state index contributed by atoms with van der Waals surface area (Å²) < 4.78 is 43.1. The molecule has 7 heteroatoms. The lowest BCUT2D eigenvalue weighted by Crippen LogP contribution is -2.18. The van der Waals surface area contributed by atoms with Crippen LogP contribution in [0.3, 0.4) is 0 Å². The molecule has 19 heavy (non-hydrogen) atoms. The minimum absolute atomic E-state index is 0.0492. The fourth-order valence-corrected chi connectivity index (χ4v) is 1.51. The van der Waals surface area contributed by atoms with E-state index in [1.54, 1.807) is 6.07 Å². The van der Waals surface area contributed by atoms with Gasteiger partial charge in [-0.1, -0.05) is 0 Å². The van der Waals surface area contributed by atoms with E-state index in [2.05, 4.69) is 4.74 Å². The lowest BCUT2D eigenvalue weighted by molar-refractivity contribution is -0.138. The van der Waals surface area contributed by atoms with Crippen LogP contribution in [-0.2, 0) is 10.9 Å². The number of carbonyl (C=O) groups is 2. The summed E-state index contributed by atoms with van der Waals surface area (Å²) in [5, 5.41) is 8.69. The van der Waals surface area contributed by atoms with Crippen molar-refractivity contribution >= 4 is 12.3 Å². The van der Waals surface area contributed by atoms with E-state index in [1.165, 1.54) is 6.92 Å². The maximum atomic E-state index is 12.9. The quantitative estimate of drug-likeness (QED) is 0.626. The van der Waals surface area contributed by atoms with Crippen molar-refractivity contribution in [3.8, 4) is 6.07 Å². The van der Waals surface area contributed by atoms with Gasteiger partial charge in [0.05, 0.1) is 29.4 Å². The van der Waals surface area contributed by atoms with Crippen LogP contribution in [0.25, 0.3) is 0 Å². The van der Waals surface area contributed by atoms with Crippen molar-refractivity contribution in [2.75, 3.05) is 6.61 Å². The fraction of sp³-hybridized carbons (Fsp3) is 0.250. The third-order valence-electron chi connectivity index (χ3n) is 2.20. The Bertz CT molecular complexity index is 559. The molecule has 0 saturated carbocycles. The Morgan fingerprint density at radius 1 is 1.47 bits per heavy atom. The molecule has 0 N–H and O–H groups in total. The van der Waals surface area contributed by atoms with E-state index in [0.29, 0.717) is 0 Å². The Balaban J connectivity index is 3.61. The van der Waals surface area contributed by atoms with Crippen molar-refractivity contribution in [1.82, 2.24) is 0 Å². The SMILES string of the molecule is CCOC(=O)c1cc(C#N)cc(C=O)c1C(F)(F)F. The van der Waals surface area contributed by atoms with E-state index < -0.39 is 28.8 Å². The Kier molecular flexibility index (Phi) is 4.27. The molecule has 0 spiro atoms. The van der Waals surface area contributed by atoms with E-state index >= 15 is 0 Å². The van der Waals surface area contributed by atoms with E-state index in [0.717, 1.165) is 12.1 Å². The number of ether oxygens (including phenoxy) is 1. The van der Waals surface area contributed by atoms with Crippen LogP contribution < -0.4 is 0 Å². The molecule has 1 rings (SSSR count). The molecule has 100 valence electrons.